The summed E-state index contributed by atoms with van der Waals surface area (Å²) in [5.41, 5.74) is 2.45. The van der Waals surface area contributed by atoms with Gasteiger partial charge in [-0.3, -0.25) is 0 Å². The fraction of sp³-hybridized carbons (Fsp3) is 0.741. The van der Waals surface area contributed by atoms with Crippen LogP contribution in [-0.2, 0) is 11.8 Å². The first-order valence-corrected chi connectivity index (χ1v) is 12.2. The Morgan fingerprint density at radius 1 is 0.857 bits per heavy atom. The second-order valence-electron chi connectivity index (χ2n) is 9.75. The van der Waals surface area contributed by atoms with Crippen LogP contribution >= 0.6 is 0 Å². The van der Waals surface area contributed by atoms with Gasteiger partial charge in [0.2, 0.25) is 0 Å². The minimum atomic E-state index is -0.224. The summed E-state index contributed by atoms with van der Waals surface area (Å²) in [5.74, 6) is 2.81. The quantitative estimate of drug-likeness (QED) is 0.420. The molecule has 1 aromatic rings. The van der Waals surface area contributed by atoms with E-state index in [0.29, 0.717) is 0 Å². The lowest BCUT2D eigenvalue weighted by atomic mass is 9.62. The maximum Gasteiger partial charge on any atom is 0.0822 e. The minimum Gasteiger partial charge on any atom is -0.197 e. The van der Waals surface area contributed by atoms with E-state index in [4.69, 9.17) is 0 Å². The highest BCUT2D eigenvalue weighted by molar-refractivity contribution is 5.35. The van der Waals surface area contributed by atoms with Crippen LogP contribution in [0.3, 0.4) is 0 Å². The van der Waals surface area contributed by atoms with Crippen molar-refractivity contribution < 1.29 is 0 Å². The van der Waals surface area contributed by atoms with E-state index in [1.807, 2.05) is 0 Å². The predicted octanol–water partition coefficient (Wildman–Crippen LogP) is 7.98. The minimum absolute atomic E-state index is 0.224. The molecule has 1 nitrogen and oxygen atoms in total. The molecule has 154 valence electrons. The Hall–Kier alpha value is -1.29. The average molecular weight is 380 g/mol. The van der Waals surface area contributed by atoms with E-state index >= 15 is 0 Å². The molecule has 0 aliphatic heterocycles. The Labute approximate surface area is 173 Å². The zero-order valence-electron chi connectivity index (χ0n) is 18.4. The number of benzene rings is 1. The molecule has 0 bridgehead atoms. The van der Waals surface area contributed by atoms with Crippen molar-refractivity contribution in [2.24, 2.45) is 17.8 Å². The van der Waals surface area contributed by atoms with Gasteiger partial charge in [0.25, 0.3) is 0 Å². The summed E-state index contributed by atoms with van der Waals surface area (Å²) in [6, 6.07) is 11.7. The molecule has 0 unspecified atom stereocenters. The van der Waals surface area contributed by atoms with Crippen molar-refractivity contribution in [3.05, 3.63) is 35.4 Å². The molecule has 0 N–H and O–H groups in total. The lowest BCUT2D eigenvalue weighted by Gasteiger charge is -2.41. The van der Waals surface area contributed by atoms with Crippen LogP contribution in [-0.4, -0.2) is 0 Å². The van der Waals surface area contributed by atoms with E-state index in [0.717, 1.165) is 37.0 Å². The van der Waals surface area contributed by atoms with Crippen molar-refractivity contribution in [2.75, 3.05) is 0 Å². The first-order chi connectivity index (χ1) is 13.7. The molecule has 0 amide bonds. The van der Waals surface area contributed by atoms with Crippen LogP contribution in [0.25, 0.3) is 0 Å². The second kappa shape index (κ2) is 10.5. The van der Waals surface area contributed by atoms with Crippen LogP contribution < -0.4 is 0 Å². The largest absolute Gasteiger partial charge is 0.197 e. The molecular weight excluding hydrogens is 338 g/mol. The lowest BCUT2D eigenvalue weighted by Crippen LogP contribution is -2.33. The normalized spacial score (nSPS) is 30.7. The van der Waals surface area contributed by atoms with Gasteiger partial charge in [-0.1, -0.05) is 83.1 Å². The van der Waals surface area contributed by atoms with Crippen LogP contribution in [0.1, 0.15) is 108 Å². The Morgan fingerprint density at radius 2 is 1.50 bits per heavy atom. The van der Waals surface area contributed by atoms with Crippen LogP contribution in [0.4, 0.5) is 0 Å². The third kappa shape index (κ3) is 5.20. The van der Waals surface area contributed by atoms with E-state index < -0.39 is 0 Å². The topological polar surface area (TPSA) is 23.8 Å². The number of nitrogens with zero attached hydrogens (tertiary/aromatic N) is 1. The number of nitriles is 1. The number of hydrogen-bond donors (Lipinski definition) is 0. The Bertz CT molecular complexity index is 607. The molecule has 0 atom stereocenters. The fourth-order valence-corrected chi connectivity index (χ4v) is 5.98. The highest BCUT2D eigenvalue weighted by atomic mass is 14.5. The van der Waals surface area contributed by atoms with Gasteiger partial charge in [0.1, 0.15) is 0 Å². The summed E-state index contributed by atoms with van der Waals surface area (Å²) < 4.78 is 0. The molecule has 0 saturated heterocycles. The third-order valence-corrected chi connectivity index (χ3v) is 7.92. The molecular formula is C27H41N. The molecule has 2 fully saturated rings. The summed E-state index contributed by atoms with van der Waals surface area (Å²) in [5, 5.41) is 10.1. The van der Waals surface area contributed by atoms with Crippen molar-refractivity contribution in [2.45, 2.75) is 109 Å². The first-order valence-electron chi connectivity index (χ1n) is 12.2. The molecule has 2 aliphatic rings. The van der Waals surface area contributed by atoms with Crippen molar-refractivity contribution in [3.8, 4) is 6.07 Å². The van der Waals surface area contributed by atoms with Crippen molar-refractivity contribution in [1.82, 2.24) is 0 Å². The maximum atomic E-state index is 10.1. The zero-order valence-corrected chi connectivity index (χ0v) is 18.4. The van der Waals surface area contributed by atoms with Gasteiger partial charge in [-0.05, 0) is 73.8 Å². The highest BCUT2D eigenvalue weighted by Gasteiger charge is 2.39. The van der Waals surface area contributed by atoms with E-state index in [2.05, 4.69) is 44.2 Å². The molecule has 2 saturated carbocycles. The van der Waals surface area contributed by atoms with Gasteiger partial charge in [0.15, 0.2) is 0 Å². The molecule has 0 spiro atoms. The van der Waals surface area contributed by atoms with E-state index in [9.17, 15) is 5.26 Å². The number of hydrogen-bond acceptors (Lipinski definition) is 1. The van der Waals surface area contributed by atoms with E-state index in [-0.39, 0.29) is 5.41 Å². The van der Waals surface area contributed by atoms with Gasteiger partial charge in [0, 0.05) is 0 Å². The Balaban J connectivity index is 1.51. The molecule has 1 aromatic carbocycles. The smallest absolute Gasteiger partial charge is 0.0822 e. The summed E-state index contributed by atoms with van der Waals surface area (Å²) in [7, 11) is 0. The molecule has 0 aromatic heterocycles. The maximum absolute atomic E-state index is 10.1. The Morgan fingerprint density at radius 3 is 2.07 bits per heavy atom. The monoisotopic (exact) mass is 379 g/mol. The summed E-state index contributed by atoms with van der Waals surface area (Å²) >= 11 is 0. The molecule has 0 heterocycles. The molecule has 2 aliphatic carbocycles. The summed E-state index contributed by atoms with van der Waals surface area (Å²) in [4.78, 5) is 0. The van der Waals surface area contributed by atoms with Crippen LogP contribution in [0, 0.1) is 29.1 Å². The van der Waals surface area contributed by atoms with Crippen LogP contribution in [0.2, 0.25) is 0 Å². The van der Waals surface area contributed by atoms with Gasteiger partial charge in [0.05, 0.1) is 11.5 Å². The van der Waals surface area contributed by atoms with Gasteiger partial charge >= 0.3 is 0 Å². The molecule has 28 heavy (non-hydrogen) atoms. The van der Waals surface area contributed by atoms with E-state index in [1.54, 1.807) is 0 Å². The Kier molecular flexibility index (Phi) is 8.01. The molecule has 3 rings (SSSR count). The van der Waals surface area contributed by atoms with Gasteiger partial charge < -0.3 is 0 Å². The van der Waals surface area contributed by atoms with Crippen LogP contribution in [0.5, 0.6) is 0 Å². The first kappa shape index (κ1) is 21.4. The fourth-order valence-electron chi connectivity index (χ4n) is 5.98. The summed E-state index contributed by atoms with van der Waals surface area (Å²) in [6.45, 7) is 4.53. The van der Waals surface area contributed by atoms with Crippen LogP contribution in [0.15, 0.2) is 24.3 Å². The predicted molar refractivity (Wildman–Crippen MR) is 119 cm³/mol. The van der Waals surface area contributed by atoms with E-state index in [1.165, 1.54) is 81.8 Å². The SMILES string of the molecule is CCCCCC1CCC(C2CCC(C#N)(c3ccc(CCC)cc3)CC2)CC1. The summed E-state index contributed by atoms with van der Waals surface area (Å²) in [6.07, 6.45) is 18.5. The van der Waals surface area contributed by atoms with Gasteiger partial charge in [-0.2, -0.15) is 5.26 Å². The second-order valence-corrected chi connectivity index (χ2v) is 9.75. The number of aryl methyl sites for hydroxylation is 1. The molecule has 1 heteroatoms. The van der Waals surface area contributed by atoms with Crippen molar-refractivity contribution in [3.63, 3.8) is 0 Å². The average Bonchev–Trinajstić information content (AvgIpc) is 2.75. The standard InChI is InChI=1S/C27H41N/c1-3-5-6-8-23-9-13-24(14-10-23)25-17-19-27(21-28,20-18-25)26-15-11-22(7-4-2)12-16-26/h11-12,15-16,23-25H,3-10,13-14,17-20H2,1-2H3. The highest BCUT2D eigenvalue weighted by Crippen LogP contribution is 2.47. The lowest BCUT2D eigenvalue weighted by molar-refractivity contribution is 0.143. The van der Waals surface area contributed by atoms with Gasteiger partial charge in [-0.25, -0.2) is 0 Å². The van der Waals surface area contributed by atoms with Gasteiger partial charge in [-0.15, -0.1) is 0 Å². The molecule has 0 radical (unpaired) electrons. The van der Waals surface area contributed by atoms with Crippen molar-refractivity contribution >= 4 is 0 Å². The zero-order chi connectivity index (χ0) is 19.8. The van der Waals surface area contributed by atoms with Crippen molar-refractivity contribution in [1.29, 1.82) is 5.26 Å². The third-order valence-electron chi connectivity index (χ3n) is 7.92. The number of rotatable bonds is 8. The number of unbranched alkanes of at least 4 members (excludes halogenated alkanes) is 2.